The van der Waals surface area contributed by atoms with Crippen molar-refractivity contribution in [2.24, 2.45) is 0 Å². The SMILES string of the molecule is Cc1nc(NCCNC(=O)c2ccc3ccccc3c2)cc(N2CCOCC2)n1. The molecule has 4 rings (SSSR count). The van der Waals surface area contributed by atoms with Gasteiger partial charge in [0.2, 0.25) is 0 Å². The first kappa shape index (κ1) is 19.1. The van der Waals surface area contributed by atoms with Gasteiger partial charge >= 0.3 is 0 Å². The Balaban J connectivity index is 1.31. The Hall–Kier alpha value is -3.19. The number of hydrogen-bond donors (Lipinski definition) is 2. The molecular formula is C22H25N5O2. The van der Waals surface area contributed by atoms with Crippen LogP contribution in [0.4, 0.5) is 11.6 Å². The average molecular weight is 391 g/mol. The quantitative estimate of drug-likeness (QED) is 0.629. The summed E-state index contributed by atoms with van der Waals surface area (Å²) in [5, 5.41) is 8.42. The largest absolute Gasteiger partial charge is 0.378 e. The molecular weight excluding hydrogens is 366 g/mol. The van der Waals surface area contributed by atoms with E-state index >= 15 is 0 Å². The van der Waals surface area contributed by atoms with Crippen molar-refractivity contribution < 1.29 is 9.53 Å². The second-order valence-electron chi connectivity index (χ2n) is 7.00. The summed E-state index contributed by atoms with van der Waals surface area (Å²) in [6.45, 7) is 6.06. The van der Waals surface area contributed by atoms with E-state index < -0.39 is 0 Å². The van der Waals surface area contributed by atoms with E-state index in [1.54, 1.807) is 0 Å². The van der Waals surface area contributed by atoms with E-state index in [1.165, 1.54) is 0 Å². The number of carbonyl (C=O) groups is 1. The molecule has 1 saturated heterocycles. The normalized spacial score (nSPS) is 14.0. The van der Waals surface area contributed by atoms with Gasteiger partial charge < -0.3 is 20.3 Å². The third-order valence-electron chi connectivity index (χ3n) is 4.89. The van der Waals surface area contributed by atoms with Gasteiger partial charge in [-0.15, -0.1) is 0 Å². The molecule has 3 aromatic rings. The maximum Gasteiger partial charge on any atom is 0.251 e. The van der Waals surface area contributed by atoms with Gasteiger partial charge in [0.15, 0.2) is 0 Å². The third kappa shape index (κ3) is 4.81. The van der Waals surface area contributed by atoms with Crippen LogP contribution >= 0.6 is 0 Å². The summed E-state index contributed by atoms with van der Waals surface area (Å²) in [6, 6.07) is 15.7. The summed E-state index contributed by atoms with van der Waals surface area (Å²) in [6.07, 6.45) is 0. The van der Waals surface area contributed by atoms with E-state index in [0.717, 1.165) is 41.3 Å². The predicted octanol–water partition coefficient (Wildman–Crippen LogP) is 2.62. The molecule has 150 valence electrons. The minimum Gasteiger partial charge on any atom is -0.378 e. The smallest absolute Gasteiger partial charge is 0.251 e. The molecule has 0 saturated carbocycles. The Morgan fingerprint density at radius 2 is 1.83 bits per heavy atom. The van der Waals surface area contributed by atoms with Crippen LogP contribution in [0.2, 0.25) is 0 Å². The number of ether oxygens (including phenoxy) is 1. The molecule has 7 nitrogen and oxygen atoms in total. The fraction of sp³-hybridized carbons (Fsp3) is 0.318. The summed E-state index contributed by atoms with van der Waals surface area (Å²) in [5.41, 5.74) is 0.663. The standard InChI is InChI=1S/C22H25N5O2/c1-16-25-20(15-21(26-16)27-10-12-29-13-11-27)23-8-9-24-22(28)19-7-6-17-4-2-3-5-18(17)14-19/h2-7,14-15H,8-13H2,1H3,(H,24,28)(H,23,25,26). The predicted molar refractivity (Wildman–Crippen MR) is 115 cm³/mol. The van der Waals surface area contributed by atoms with Gasteiger partial charge in [0.25, 0.3) is 5.91 Å². The monoisotopic (exact) mass is 391 g/mol. The van der Waals surface area contributed by atoms with E-state index in [4.69, 9.17) is 4.74 Å². The van der Waals surface area contributed by atoms with Crippen LogP contribution in [0.15, 0.2) is 48.5 Å². The van der Waals surface area contributed by atoms with Crippen molar-refractivity contribution in [3.05, 3.63) is 59.9 Å². The molecule has 1 aromatic heterocycles. The van der Waals surface area contributed by atoms with Crippen LogP contribution in [0.3, 0.4) is 0 Å². The van der Waals surface area contributed by atoms with Crippen molar-refractivity contribution >= 4 is 28.3 Å². The molecule has 0 aliphatic carbocycles. The summed E-state index contributed by atoms with van der Waals surface area (Å²) >= 11 is 0. The van der Waals surface area contributed by atoms with Gasteiger partial charge in [-0.3, -0.25) is 4.79 Å². The Bertz CT molecular complexity index is 1000. The molecule has 1 fully saturated rings. The molecule has 0 atom stereocenters. The Morgan fingerprint density at radius 1 is 1.03 bits per heavy atom. The second-order valence-corrected chi connectivity index (χ2v) is 7.00. The van der Waals surface area contributed by atoms with Gasteiger partial charge in [0.05, 0.1) is 13.2 Å². The molecule has 2 heterocycles. The number of carbonyl (C=O) groups excluding carboxylic acids is 1. The maximum atomic E-state index is 12.4. The van der Waals surface area contributed by atoms with Gasteiger partial charge in [-0.05, 0) is 29.8 Å². The number of fused-ring (bicyclic) bond motifs is 1. The molecule has 1 aliphatic heterocycles. The highest BCUT2D eigenvalue weighted by Crippen LogP contribution is 2.17. The summed E-state index contributed by atoms with van der Waals surface area (Å²) in [7, 11) is 0. The highest BCUT2D eigenvalue weighted by Gasteiger charge is 2.14. The number of aromatic nitrogens is 2. The van der Waals surface area contributed by atoms with E-state index in [-0.39, 0.29) is 5.91 Å². The second kappa shape index (κ2) is 8.87. The number of morpholine rings is 1. The van der Waals surface area contributed by atoms with Crippen LogP contribution in [0.5, 0.6) is 0 Å². The maximum absolute atomic E-state index is 12.4. The number of amides is 1. The van der Waals surface area contributed by atoms with Crippen molar-refractivity contribution in [2.75, 3.05) is 49.6 Å². The Kier molecular flexibility index (Phi) is 5.86. The van der Waals surface area contributed by atoms with Gasteiger partial charge in [0, 0.05) is 37.8 Å². The third-order valence-corrected chi connectivity index (χ3v) is 4.89. The molecule has 0 spiro atoms. The van der Waals surface area contributed by atoms with Gasteiger partial charge in [0.1, 0.15) is 17.5 Å². The number of hydrogen-bond acceptors (Lipinski definition) is 6. The van der Waals surface area contributed by atoms with Crippen molar-refractivity contribution in [1.29, 1.82) is 0 Å². The fourth-order valence-corrected chi connectivity index (χ4v) is 3.40. The molecule has 0 unspecified atom stereocenters. The summed E-state index contributed by atoms with van der Waals surface area (Å²) in [4.78, 5) is 23.6. The van der Waals surface area contributed by atoms with E-state index in [0.29, 0.717) is 31.9 Å². The first-order valence-corrected chi connectivity index (χ1v) is 9.88. The molecule has 1 amide bonds. The van der Waals surface area contributed by atoms with Crippen molar-refractivity contribution in [1.82, 2.24) is 15.3 Å². The van der Waals surface area contributed by atoms with Crippen molar-refractivity contribution in [3.8, 4) is 0 Å². The van der Waals surface area contributed by atoms with E-state index in [9.17, 15) is 4.79 Å². The van der Waals surface area contributed by atoms with E-state index in [1.807, 2.05) is 55.5 Å². The number of nitrogens with zero attached hydrogens (tertiary/aromatic N) is 3. The van der Waals surface area contributed by atoms with Crippen molar-refractivity contribution in [3.63, 3.8) is 0 Å². The van der Waals surface area contributed by atoms with Crippen LogP contribution in [0.25, 0.3) is 10.8 Å². The number of anilines is 2. The van der Waals surface area contributed by atoms with Gasteiger partial charge in [-0.2, -0.15) is 0 Å². The molecule has 2 N–H and O–H groups in total. The lowest BCUT2D eigenvalue weighted by Crippen LogP contribution is -2.37. The average Bonchev–Trinajstić information content (AvgIpc) is 2.76. The van der Waals surface area contributed by atoms with Crippen LogP contribution < -0.4 is 15.5 Å². The Labute approximate surface area is 170 Å². The molecule has 0 radical (unpaired) electrons. The summed E-state index contributed by atoms with van der Waals surface area (Å²) in [5.74, 6) is 2.31. The van der Waals surface area contributed by atoms with Crippen LogP contribution in [0, 0.1) is 6.92 Å². The first-order valence-electron chi connectivity index (χ1n) is 9.88. The molecule has 29 heavy (non-hydrogen) atoms. The number of aryl methyl sites for hydroxylation is 1. The minimum atomic E-state index is -0.0783. The van der Waals surface area contributed by atoms with Crippen molar-refractivity contribution in [2.45, 2.75) is 6.92 Å². The highest BCUT2D eigenvalue weighted by molar-refractivity contribution is 5.98. The number of rotatable bonds is 6. The highest BCUT2D eigenvalue weighted by atomic mass is 16.5. The lowest BCUT2D eigenvalue weighted by molar-refractivity contribution is 0.0955. The fourth-order valence-electron chi connectivity index (χ4n) is 3.40. The number of benzene rings is 2. The topological polar surface area (TPSA) is 79.4 Å². The Morgan fingerprint density at radius 3 is 2.66 bits per heavy atom. The molecule has 1 aliphatic rings. The molecule has 0 bridgehead atoms. The molecule has 7 heteroatoms. The van der Waals surface area contributed by atoms with Crippen LogP contribution in [0.1, 0.15) is 16.2 Å². The molecule has 2 aromatic carbocycles. The first-order chi connectivity index (χ1) is 14.2. The van der Waals surface area contributed by atoms with E-state index in [2.05, 4.69) is 25.5 Å². The van der Waals surface area contributed by atoms with Crippen LogP contribution in [-0.2, 0) is 4.74 Å². The summed E-state index contributed by atoms with van der Waals surface area (Å²) < 4.78 is 5.40. The number of nitrogens with one attached hydrogen (secondary N) is 2. The van der Waals surface area contributed by atoms with Gasteiger partial charge in [-0.1, -0.05) is 30.3 Å². The zero-order chi connectivity index (χ0) is 20.1. The zero-order valence-corrected chi connectivity index (χ0v) is 16.5. The van der Waals surface area contributed by atoms with Crippen LogP contribution in [-0.4, -0.2) is 55.3 Å². The zero-order valence-electron chi connectivity index (χ0n) is 16.5. The lowest BCUT2D eigenvalue weighted by atomic mass is 10.1. The minimum absolute atomic E-state index is 0.0783. The van der Waals surface area contributed by atoms with Gasteiger partial charge in [-0.25, -0.2) is 9.97 Å². The lowest BCUT2D eigenvalue weighted by Gasteiger charge is -2.28.